The molecular formula is C30H28NO2P. The smallest absolute Gasteiger partial charge is 0.208 e. The number of rotatable bonds is 5. The average molecular weight is 466 g/mol. The van der Waals surface area contributed by atoms with Gasteiger partial charge in [-0.15, -0.1) is 0 Å². The molecule has 1 aromatic heterocycles. The number of benzene rings is 3. The van der Waals surface area contributed by atoms with Gasteiger partial charge in [-0.3, -0.25) is 4.79 Å². The number of aryl methyl sites for hydroxylation is 1. The lowest BCUT2D eigenvalue weighted by Gasteiger charge is -2.30. The number of nitrogens with zero attached hydrogens (tertiary/aromatic N) is 1. The van der Waals surface area contributed by atoms with Crippen LogP contribution in [-0.2, 0) is 5.41 Å². The Labute approximate surface area is 201 Å². The molecule has 0 radical (unpaired) electrons. The number of carbonyl (C=O) groups excluding carboxylic acids is 1. The lowest BCUT2D eigenvalue weighted by atomic mass is 9.92. The van der Waals surface area contributed by atoms with Crippen molar-refractivity contribution in [2.45, 2.75) is 33.1 Å². The van der Waals surface area contributed by atoms with Crippen LogP contribution in [0.25, 0.3) is 0 Å². The highest BCUT2D eigenvalue weighted by Gasteiger charge is 2.35. The van der Waals surface area contributed by atoms with Crippen LogP contribution in [0.1, 0.15) is 42.6 Å². The van der Waals surface area contributed by atoms with Crippen molar-refractivity contribution in [1.82, 2.24) is 0 Å². The van der Waals surface area contributed by atoms with Crippen LogP contribution in [0.5, 0.6) is 0 Å². The Hall–Kier alpha value is -3.60. The zero-order chi connectivity index (χ0) is 24.3. The molecule has 1 heterocycles. The second kappa shape index (κ2) is 9.34. The molecule has 0 unspecified atom stereocenters. The van der Waals surface area contributed by atoms with E-state index in [2.05, 4.69) is 6.07 Å². The van der Waals surface area contributed by atoms with Crippen molar-refractivity contribution < 1.29 is 9.21 Å². The van der Waals surface area contributed by atoms with Crippen LogP contribution in [0.4, 0.5) is 0 Å². The van der Waals surface area contributed by atoms with Gasteiger partial charge in [0.1, 0.15) is 22.9 Å². The summed E-state index contributed by atoms with van der Waals surface area (Å²) in [6.45, 7) is 5.16. The van der Waals surface area contributed by atoms with E-state index in [4.69, 9.17) is 4.42 Å². The van der Waals surface area contributed by atoms with Crippen LogP contribution in [0.15, 0.2) is 101 Å². The molecule has 0 aliphatic carbocycles. The number of Topliss-reactive ketones (excluding diaryl/α,β-unsaturated/α-hetero) is 1. The molecule has 0 spiro atoms. The third-order valence-corrected chi connectivity index (χ3v) is 10.2. The topological polar surface area (TPSA) is 54.0 Å². The van der Waals surface area contributed by atoms with Gasteiger partial charge >= 0.3 is 0 Å². The van der Waals surface area contributed by atoms with Gasteiger partial charge in [0.2, 0.25) is 5.78 Å². The highest BCUT2D eigenvalue weighted by atomic mass is 31.2. The zero-order valence-corrected chi connectivity index (χ0v) is 20.8. The van der Waals surface area contributed by atoms with E-state index in [0.29, 0.717) is 11.3 Å². The maximum absolute atomic E-state index is 14.2. The molecule has 0 amide bonds. The Morgan fingerprint density at radius 1 is 0.794 bits per heavy atom. The summed E-state index contributed by atoms with van der Waals surface area (Å²) in [7, 11) is 0. The summed E-state index contributed by atoms with van der Waals surface area (Å²) in [5, 5.41) is 13.8. The summed E-state index contributed by atoms with van der Waals surface area (Å²) in [5.41, 5.74) is 0.203. The molecule has 0 atom stereocenters. The minimum Gasteiger partial charge on any atom is -0.465 e. The van der Waals surface area contributed by atoms with Gasteiger partial charge in [-0.2, -0.15) is 5.26 Å². The minimum atomic E-state index is -2.77. The van der Waals surface area contributed by atoms with E-state index in [1.54, 1.807) is 6.92 Å². The Balaban J connectivity index is 2.17. The van der Waals surface area contributed by atoms with Crippen LogP contribution >= 0.6 is 6.89 Å². The molecular weight excluding hydrogens is 437 g/mol. The molecule has 4 heteroatoms. The van der Waals surface area contributed by atoms with Crippen LogP contribution in [0.2, 0.25) is 0 Å². The first kappa shape index (κ1) is 23.6. The fourth-order valence-electron chi connectivity index (χ4n) is 4.27. The summed E-state index contributed by atoms with van der Waals surface area (Å²) < 4.78 is 5.99. The highest BCUT2D eigenvalue weighted by Crippen LogP contribution is 2.47. The van der Waals surface area contributed by atoms with Crippen molar-refractivity contribution in [3.8, 4) is 6.07 Å². The van der Waals surface area contributed by atoms with Gasteiger partial charge in [0.15, 0.2) is 0 Å². The van der Waals surface area contributed by atoms with E-state index in [1.807, 2.05) is 118 Å². The number of ketones is 1. The average Bonchev–Trinajstić information content (AvgIpc) is 3.26. The van der Waals surface area contributed by atoms with E-state index < -0.39 is 6.89 Å². The molecule has 0 bridgehead atoms. The van der Waals surface area contributed by atoms with Crippen molar-refractivity contribution in [2.75, 3.05) is 0 Å². The SMILES string of the molecule is Cc1oc(C(C)(C)C)cc1C(=O)C(C#N)=P(c1ccccc1)(c1ccccc1)c1ccccc1. The molecule has 0 N–H and O–H groups in total. The van der Waals surface area contributed by atoms with Gasteiger partial charge in [-0.25, -0.2) is 0 Å². The van der Waals surface area contributed by atoms with E-state index >= 15 is 0 Å². The van der Waals surface area contributed by atoms with Crippen molar-refractivity contribution in [1.29, 1.82) is 5.26 Å². The fourth-order valence-corrected chi connectivity index (χ4v) is 8.37. The van der Waals surface area contributed by atoms with Crippen molar-refractivity contribution >= 4 is 33.9 Å². The first-order chi connectivity index (χ1) is 16.3. The van der Waals surface area contributed by atoms with Crippen LogP contribution < -0.4 is 15.9 Å². The van der Waals surface area contributed by atoms with Crippen molar-refractivity contribution in [3.05, 3.63) is 114 Å². The van der Waals surface area contributed by atoms with Gasteiger partial charge in [-0.1, -0.05) is 112 Å². The molecule has 170 valence electrons. The third kappa shape index (κ3) is 4.07. The molecule has 0 fully saturated rings. The van der Waals surface area contributed by atoms with Crippen LogP contribution in [-0.4, -0.2) is 11.1 Å². The summed E-state index contributed by atoms with van der Waals surface area (Å²) in [6.07, 6.45) is 0. The van der Waals surface area contributed by atoms with Gasteiger partial charge in [0.25, 0.3) is 0 Å². The summed E-state index contributed by atoms with van der Waals surface area (Å²) in [5.74, 6) is 0.993. The van der Waals surface area contributed by atoms with E-state index in [9.17, 15) is 10.1 Å². The summed E-state index contributed by atoms with van der Waals surface area (Å²) in [6, 6.07) is 34.1. The number of hydrogen-bond acceptors (Lipinski definition) is 3. The Bertz CT molecular complexity index is 1300. The number of nitriles is 1. The lowest BCUT2D eigenvalue weighted by Crippen LogP contribution is -2.33. The molecule has 0 saturated heterocycles. The normalized spacial score (nSPS) is 11.6. The lowest BCUT2D eigenvalue weighted by molar-refractivity contribution is 0.106. The predicted molar refractivity (Wildman–Crippen MR) is 142 cm³/mol. The fraction of sp³-hybridized carbons (Fsp3) is 0.167. The highest BCUT2D eigenvalue weighted by molar-refractivity contribution is 7.97. The van der Waals surface area contributed by atoms with Gasteiger partial charge in [0, 0.05) is 5.41 Å². The van der Waals surface area contributed by atoms with Crippen molar-refractivity contribution in [2.24, 2.45) is 0 Å². The number of furan rings is 1. The first-order valence-electron chi connectivity index (χ1n) is 11.3. The molecule has 0 aliphatic heterocycles. The maximum atomic E-state index is 14.2. The van der Waals surface area contributed by atoms with E-state index in [1.165, 1.54) is 0 Å². The molecule has 4 rings (SSSR count). The quantitative estimate of drug-likeness (QED) is 0.278. The monoisotopic (exact) mass is 465 g/mol. The van der Waals surface area contributed by atoms with E-state index in [-0.39, 0.29) is 16.5 Å². The zero-order valence-electron chi connectivity index (χ0n) is 19.9. The maximum Gasteiger partial charge on any atom is 0.208 e. The second-order valence-corrected chi connectivity index (χ2v) is 12.6. The molecule has 34 heavy (non-hydrogen) atoms. The standard InChI is InChI=1S/C30H28NO2P/c1-22-26(20-28(33-22)30(2,3)4)29(32)27(21-31)34(23-14-8-5-9-15-23,24-16-10-6-11-17-24)25-18-12-7-13-19-25/h5-20H,1-4H3. The minimum absolute atomic E-state index is 0.249. The molecule has 0 saturated carbocycles. The predicted octanol–water partition coefficient (Wildman–Crippen LogP) is 5.76. The summed E-state index contributed by atoms with van der Waals surface area (Å²) >= 11 is 0. The van der Waals surface area contributed by atoms with Gasteiger partial charge in [-0.05, 0) is 35.8 Å². The first-order valence-corrected chi connectivity index (χ1v) is 13.1. The van der Waals surface area contributed by atoms with Crippen molar-refractivity contribution in [3.63, 3.8) is 0 Å². The molecule has 4 aromatic rings. The summed E-state index contributed by atoms with van der Waals surface area (Å²) in [4.78, 5) is 14.2. The molecule has 0 aliphatic rings. The van der Waals surface area contributed by atoms with Gasteiger partial charge in [0.05, 0.1) is 5.56 Å². The Morgan fingerprint density at radius 3 is 1.53 bits per heavy atom. The van der Waals surface area contributed by atoms with Gasteiger partial charge < -0.3 is 4.42 Å². The van der Waals surface area contributed by atoms with E-state index in [0.717, 1.165) is 21.7 Å². The Morgan fingerprint density at radius 2 is 1.21 bits per heavy atom. The molecule has 3 aromatic carbocycles. The third-order valence-electron chi connectivity index (χ3n) is 5.99. The largest absolute Gasteiger partial charge is 0.465 e. The van der Waals surface area contributed by atoms with Crippen LogP contribution in [0.3, 0.4) is 0 Å². The molecule has 3 nitrogen and oxygen atoms in total. The second-order valence-electron chi connectivity index (χ2n) is 9.30. The van der Waals surface area contributed by atoms with Crippen LogP contribution in [0, 0.1) is 18.3 Å². The Kier molecular flexibility index (Phi) is 6.47. The number of carbonyl (C=O) groups is 1. The number of hydrogen-bond donors (Lipinski definition) is 0.